The van der Waals surface area contributed by atoms with Gasteiger partial charge in [0.1, 0.15) is 6.61 Å². The molecule has 10 heteroatoms. The highest BCUT2D eigenvalue weighted by atomic mass is 19.4. The summed E-state index contributed by atoms with van der Waals surface area (Å²) in [5, 5.41) is 0. The maximum Gasteiger partial charge on any atom is 0.475 e. The minimum atomic E-state index is -5.32. The van der Waals surface area contributed by atoms with Crippen LogP contribution in [0, 0.1) is 0 Å². The SMILES string of the molecule is FC(F)(F)COC1(C(F)(F)F)OOC2(CCCC2)O1. The predicted octanol–water partition coefficient (Wildman–Crippen LogP) is 3.03. The van der Waals surface area contributed by atoms with E-state index in [0.29, 0.717) is 12.8 Å². The largest absolute Gasteiger partial charge is 0.475 e. The van der Waals surface area contributed by atoms with E-state index in [1.807, 2.05) is 0 Å². The molecule has 0 N–H and O–H groups in total. The van der Waals surface area contributed by atoms with Gasteiger partial charge in [0, 0.05) is 12.8 Å². The molecule has 0 radical (unpaired) electrons. The van der Waals surface area contributed by atoms with Crippen LogP contribution < -0.4 is 0 Å². The number of alkyl halides is 6. The third-order valence-corrected chi connectivity index (χ3v) is 2.76. The normalized spacial score (nSPS) is 31.3. The molecule has 0 aromatic carbocycles. The molecule has 2 aliphatic rings. The number of ether oxygens (including phenoxy) is 2. The van der Waals surface area contributed by atoms with E-state index in [-0.39, 0.29) is 12.8 Å². The van der Waals surface area contributed by atoms with Gasteiger partial charge in [-0.25, -0.2) is 0 Å². The summed E-state index contributed by atoms with van der Waals surface area (Å²) in [6.45, 7) is -2.16. The summed E-state index contributed by atoms with van der Waals surface area (Å²) >= 11 is 0. The smallest absolute Gasteiger partial charge is 0.309 e. The number of hydrogen-bond acceptors (Lipinski definition) is 4. The van der Waals surface area contributed by atoms with Crippen LogP contribution in [-0.4, -0.2) is 30.7 Å². The Morgan fingerprint density at radius 2 is 1.53 bits per heavy atom. The van der Waals surface area contributed by atoms with Gasteiger partial charge >= 0.3 is 18.3 Å². The fourth-order valence-corrected chi connectivity index (χ4v) is 1.93. The van der Waals surface area contributed by atoms with Crippen molar-refractivity contribution in [3.05, 3.63) is 0 Å². The lowest BCUT2D eigenvalue weighted by molar-refractivity contribution is -0.503. The van der Waals surface area contributed by atoms with Crippen LogP contribution in [0.2, 0.25) is 0 Å². The first-order valence-corrected chi connectivity index (χ1v) is 5.42. The summed E-state index contributed by atoms with van der Waals surface area (Å²) < 4.78 is 82.7. The standard InChI is InChI=1S/C9H10F6O4/c10-7(11,12)5-16-9(8(13,14)15)17-6(18-19-9)3-1-2-4-6/h1-5H2. The molecule has 1 atom stereocenters. The highest BCUT2D eigenvalue weighted by molar-refractivity contribution is 4.84. The Morgan fingerprint density at radius 3 is 2.00 bits per heavy atom. The minimum absolute atomic E-state index is 0.0974. The van der Waals surface area contributed by atoms with Gasteiger partial charge in [-0.05, 0) is 12.8 Å². The molecular formula is C9H10F6O4. The van der Waals surface area contributed by atoms with Crippen molar-refractivity contribution < 1.29 is 45.6 Å². The van der Waals surface area contributed by atoms with Gasteiger partial charge in [-0.1, -0.05) is 0 Å². The second kappa shape index (κ2) is 4.47. The van der Waals surface area contributed by atoms with Crippen LogP contribution in [0.3, 0.4) is 0 Å². The molecule has 1 spiro atoms. The van der Waals surface area contributed by atoms with Crippen molar-refractivity contribution in [2.45, 2.75) is 49.8 Å². The zero-order valence-electron chi connectivity index (χ0n) is 9.44. The molecular weight excluding hydrogens is 286 g/mol. The molecule has 1 aliphatic heterocycles. The van der Waals surface area contributed by atoms with E-state index in [1.165, 1.54) is 0 Å². The van der Waals surface area contributed by atoms with Crippen LogP contribution in [0.4, 0.5) is 26.3 Å². The lowest BCUT2D eigenvalue weighted by atomic mass is 10.2. The van der Waals surface area contributed by atoms with E-state index in [2.05, 4.69) is 19.2 Å². The van der Waals surface area contributed by atoms with E-state index in [4.69, 9.17) is 0 Å². The zero-order valence-corrected chi connectivity index (χ0v) is 9.44. The topological polar surface area (TPSA) is 36.9 Å². The highest BCUT2D eigenvalue weighted by Crippen LogP contribution is 2.50. The fourth-order valence-electron chi connectivity index (χ4n) is 1.93. The van der Waals surface area contributed by atoms with E-state index in [9.17, 15) is 26.3 Å². The molecule has 0 aromatic rings. The lowest BCUT2D eigenvalue weighted by Gasteiger charge is -2.28. The van der Waals surface area contributed by atoms with Gasteiger partial charge in [0.05, 0.1) is 0 Å². The average Bonchev–Trinajstić information content (AvgIpc) is 2.83. The first kappa shape index (κ1) is 14.8. The third kappa shape index (κ3) is 2.96. The van der Waals surface area contributed by atoms with Crippen LogP contribution in [0.5, 0.6) is 0 Å². The summed E-state index contributed by atoms with van der Waals surface area (Å²) in [6, 6.07) is 0. The molecule has 1 saturated heterocycles. The minimum Gasteiger partial charge on any atom is -0.309 e. The molecule has 2 rings (SSSR count). The summed E-state index contributed by atoms with van der Waals surface area (Å²) in [7, 11) is 0. The van der Waals surface area contributed by atoms with Crippen molar-refractivity contribution in [2.24, 2.45) is 0 Å². The summed E-state index contributed by atoms with van der Waals surface area (Å²) in [4.78, 5) is 8.44. The van der Waals surface area contributed by atoms with Crippen molar-refractivity contribution in [3.63, 3.8) is 0 Å². The highest BCUT2D eigenvalue weighted by Gasteiger charge is 2.70. The number of rotatable bonds is 2. The first-order valence-electron chi connectivity index (χ1n) is 5.42. The number of halogens is 6. The Morgan fingerprint density at radius 1 is 0.947 bits per heavy atom. The number of hydrogen-bond donors (Lipinski definition) is 0. The Bertz CT molecular complexity index is 335. The van der Waals surface area contributed by atoms with Gasteiger partial charge in [0.15, 0.2) is 0 Å². The van der Waals surface area contributed by atoms with Crippen molar-refractivity contribution in [1.82, 2.24) is 0 Å². The molecule has 1 heterocycles. The van der Waals surface area contributed by atoms with Crippen LogP contribution in [0.15, 0.2) is 0 Å². The molecule has 0 amide bonds. The van der Waals surface area contributed by atoms with Gasteiger partial charge in [-0.2, -0.15) is 36.1 Å². The Labute approximate surface area is 103 Å². The van der Waals surface area contributed by atoms with Crippen LogP contribution in [-0.2, 0) is 19.2 Å². The molecule has 1 aliphatic carbocycles. The van der Waals surface area contributed by atoms with Crippen molar-refractivity contribution >= 4 is 0 Å². The van der Waals surface area contributed by atoms with Crippen LogP contribution in [0.1, 0.15) is 25.7 Å². The van der Waals surface area contributed by atoms with Gasteiger partial charge in [0.25, 0.3) is 0 Å². The summed E-state index contributed by atoms with van der Waals surface area (Å²) in [5.74, 6) is -5.51. The molecule has 0 aromatic heterocycles. The average molecular weight is 296 g/mol. The van der Waals surface area contributed by atoms with Gasteiger partial charge < -0.3 is 4.74 Å². The maximum atomic E-state index is 12.8. The molecule has 4 nitrogen and oxygen atoms in total. The molecule has 0 bridgehead atoms. The second-order valence-electron chi connectivity index (χ2n) is 4.34. The van der Waals surface area contributed by atoms with E-state index in [0.717, 1.165) is 0 Å². The maximum absolute atomic E-state index is 12.8. The van der Waals surface area contributed by atoms with Crippen LogP contribution in [0.25, 0.3) is 0 Å². The van der Waals surface area contributed by atoms with E-state index < -0.39 is 30.7 Å². The third-order valence-electron chi connectivity index (χ3n) is 2.76. The Kier molecular flexibility index (Phi) is 3.49. The zero-order chi connectivity index (χ0) is 14.4. The van der Waals surface area contributed by atoms with Crippen molar-refractivity contribution in [1.29, 1.82) is 0 Å². The second-order valence-corrected chi connectivity index (χ2v) is 4.34. The molecule has 19 heavy (non-hydrogen) atoms. The fraction of sp³-hybridized carbons (Fsp3) is 1.00. The summed E-state index contributed by atoms with van der Waals surface area (Å²) in [6.07, 6.45) is -9.02. The van der Waals surface area contributed by atoms with E-state index >= 15 is 0 Å². The molecule has 1 unspecified atom stereocenters. The van der Waals surface area contributed by atoms with Crippen LogP contribution >= 0.6 is 0 Å². The van der Waals surface area contributed by atoms with Crippen molar-refractivity contribution in [2.75, 3.05) is 6.61 Å². The monoisotopic (exact) mass is 296 g/mol. The molecule has 112 valence electrons. The van der Waals surface area contributed by atoms with E-state index in [1.54, 1.807) is 0 Å². The lowest BCUT2D eigenvalue weighted by Crippen LogP contribution is -2.51. The van der Waals surface area contributed by atoms with Gasteiger partial charge in [-0.3, -0.25) is 4.74 Å². The van der Waals surface area contributed by atoms with Gasteiger partial charge in [-0.15, -0.1) is 0 Å². The first-order chi connectivity index (χ1) is 8.58. The Balaban J connectivity index is 2.14. The molecule has 1 saturated carbocycles. The predicted molar refractivity (Wildman–Crippen MR) is 45.2 cm³/mol. The Hall–Kier alpha value is -0.580. The molecule has 2 fully saturated rings. The quantitative estimate of drug-likeness (QED) is 0.580. The summed E-state index contributed by atoms with van der Waals surface area (Å²) in [5.41, 5.74) is 0. The van der Waals surface area contributed by atoms with Crippen molar-refractivity contribution in [3.8, 4) is 0 Å². The van der Waals surface area contributed by atoms with Gasteiger partial charge in [0.2, 0.25) is 5.79 Å².